The predicted octanol–water partition coefficient (Wildman–Crippen LogP) is 0.455. The maximum Gasteiger partial charge on any atom is 0.0828 e. The van der Waals surface area contributed by atoms with Crippen molar-refractivity contribution in [3.8, 4) is 0 Å². The second kappa shape index (κ2) is 4.79. The van der Waals surface area contributed by atoms with Gasteiger partial charge in [-0.1, -0.05) is 0 Å². The van der Waals surface area contributed by atoms with Gasteiger partial charge in [0.05, 0.1) is 5.50 Å². The minimum atomic E-state index is 0.184. The second-order valence-electron chi connectivity index (χ2n) is 4.46. The minimum Gasteiger partial charge on any atom is -0.314 e. The number of likely N-dealkylation sites (N-methyl/N-ethyl adjacent to an activating group) is 1. The molecule has 2 heterocycles. The standard InChI is InChI=1S/C10H20ClN3/c1-14-5-4-12-7-9(14)8-2-3-13-10(11)6-8/h8-10,12-13H,2-7H2,1H3. The Morgan fingerprint density at radius 1 is 1.36 bits per heavy atom. The number of alkyl halides is 1. The molecule has 2 aliphatic heterocycles. The lowest BCUT2D eigenvalue weighted by atomic mass is 9.88. The van der Waals surface area contributed by atoms with Crippen LogP contribution >= 0.6 is 11.6 Å². The van der Waals surface area contributed by atoms with Crippen molar-refractivity contribution in [2.75, 3.05) is 33.2 Å². The molecule has 2 rings (SSSR count). The third-order valence-electron chi connectivity index (χ3n) is 3.50. The number of nitrogens with zero attached hydrogens (tertiary/aromatic N) is 1. The number of piperidine rings is 1. The topological polar surface area (TPSA) is 27.3 Å². The van der Waals surface area contributed by atoms with Crippen LogP contribution in [-0.2, 0) is 0 Å². The van der Waals surface area contributed by atoms with E-state index in [-0.39, 0.29) is 5.50 Å². The Labute approximate surface area is 91.2 Å². The summed E-state index contributed by atoms with van der Waals surface area (Å²) < 4.78 is 0. The highest BCUT2D eigenvalue weighted by Gasteiger charge is 2.30. The van der Waals surface area contributed by atoms with Gasteiger partial charge in [-0.25, -0.2) is 0 Å². The van der Waals surface area contributed by atoms with E-state index in [1.807, 2.05) is 0 Å². The van der Waals surface area contributed by atoms with Gasteiger partial charge in [0.2, 0.25) is 0 Å². The van der Waals surface area contributed by atoms with Gasteiger partial charge in [0.15, 0.2) is 0 Å². The Bertz CT molecular complexity index is 188. The van der Waals surface area contributed by atoms with E-state index in [1.54, 1.807) is 0 Å². The van der Waals surface area contributed by atoms with Gasteiger partial charge in [0.1, 0.15) is 0 Å². The normalized spacial score (nSPS) is 41.1. The van der Waals surface area contributed by atoms with Gasteiger partial charge in [0, 0.05) is 25.7 Å². The number of piperazine rings is 1. The van der Waals surface area contributed by atoms with Gasteiger partial charge in [-0.3, -0.25) is 0 Å². The summed E-state index contributed by atoms with van der Waals surface area (Å²) in [5.74, 6) is 0.761. The Morgan fingerprint density at radius 3 is 2.93 bits per heavy atom. The van der Waals surface area contributed by atoms with Crippen molar-refractivity contribution in [3.05, 3.63) is 0 Å². The van der Waals surface area contributed by atoms with Crippen LogP contribution < -0.4 is 10.6 Å². The third kappa shape index (κ3) is 2.40. The van der Waals surface area contributed by atoms with E-state index in [4.69, 9.17) is 11.6 Å². The summed E-state index contributed by atoms with van der Waals surface area (Å²) in [6.07, 6.45) is 2.37. The van der Waals surface area contributed by atoms with E-state index in [1.165, 1.54) is 13.0 Å². The molecule has 0 aromatic heterocycles. The summed E-state index contributed by atoms with van der Waals surface area (Å²) >= 11 is 6.13. The maximum absolute atomic E-state index is 6.13. The van der Waals surface area contributed by atoms with E-state index in [2.05, 4.69) is 22.6 Å². The zero-order valence-electron chi connectivity index (χ0n) is 8.80. The van der Waals surface area contributed by atoms with E-state index in [0.29, 0.717) is 6.04 Å². The molecular weight excluding hydrogens is 198 g/mol. The molecule has 82 valence electrons. The quantitative estimate of drug-likeness (QED) is 0.494. The molecule has 0 amide bonds. The Kier molecular flexibility index (Phi) is 3.66. The van der Waals surface area contributed by atoms with Crippen LogP contribution in [-0.4, -0.2) is 49.7 Å². The summed E-state index contributed by atoms with van der Waals surface area (Å²) in [5.41, 5.74) is 0.184. The summed E-state index contributed by atoms with van der Waals surface area (Å²) in [6, 6.07) is 0.687. The summed E-state index contributed by atoms with van der Waals surface area (Å²) in [5, 5.41) is 6.76. The first-order chi connectivity index (χ1) is 6.77. The first-order valence-electron chi connectivity index (χ1n) is 5.56. The van der Waals surface area contributed by atoms with Gasteiger partial charge in [-0.15, -0.1) is 11.6 Å². The van der Waals surface area contributed by atoms with Crippen LogP contribution in [0.5, 0.6) is 0 Å². The van der Waals surface area contributed by atoms with Crippen LogP contribution in [0.2, 0.25) is 0 Å². The number of nitrogens with one attached hydrogen (secondary N) is 2. The van der Waals surface area contributed by atoms with Gasteiger partial charge >= 0.3 is 0 Å². The SMILES string of the molecule is CN1CCNCC1C1CCNC(Cl)C1. The van der Waals surface area contributed by atoms with Crippen molar-refractivity contribution < 1.29 is 0 Å². The van der Waals surface area contributed by atoms with Crippen molar-refractivity contribution in [1.29, 1.82) is 0 Å². The predicted molar refractivity (Wildman–Crippen MR) is 59.7 cm³/mol. The first-order valence-corrected chi connectivity index (χ1v) is 5.99. The molecule has 2 saturated heterocycles. The third-order valence-corrected chi connectivity index (χ3v) is 3.83. The number of hydrogen-bond donors (Lipinski definition) is 2. The zero-order chi connectivity index (χ0) is 9.97. The number of halogens is 1. The molecule has 0 radical (unpaired) electrons. The average molecular weight is 218 g/mol. The molecule has 0 aromatic rings. The Morgan fingerprint density at radius 2 is 2.21 bits per heavy atom. The van der Waals surface area contributed by atoms with Gasteiger partial charge < -0.3 is 15.5 Å². The molecule has 0 bridgehead atoms. The Hall–Kier alpha value is 0.170. The summed E-state index contributed by atoms with van der Waals surface area (Å²) in [7, 11) is 2.23. The number of hydrogen-bond acceptors (Lipinski definition) is 3. The fraction of sp³-hybridized carbons (Fsp3) is 1.00. The lowest BCUT2D eigenvalue weighted by molar-refractivity contribution is 0.119. The molecule has 0 aromatic carbocycles. The smallest absolute Gasteiger partial charge is 0.0828 e. The molecular formula is C10H20ClN3. The van der Waals surface area contributed by atoms with E-state index >= 15 is 0 Å². The molecule has 3 atom stereocenters. The monoisotopic (exact) mass is 217 g/mol. The van der Waals surface area contributed by atoms with Crippen LogP contribution in [0.3, 0.4) is 0 Å². The fourth-order valence-electron chi connectivity index (χ4n) is 2.60. The van der Waals surface area contributed by atoms with Crippen molar-refractivity contribution in [2.24, 2.45) is 5.92 Å². The van der Waals surface area contributed by atoms with Crippen LogP contribution in [0.15, 0.2) is 0 Å². The molecule has 2 N–H and O–H groups in total. The average Bonchev–Trinajstić information content (AvgIpc) is 2.18. The molecule has 3 unspecified atom stereocenters. The van der Waals surface area contributed by atoms with Crippen molar-refractivity contribution in [3.63, 3.8) is 0 Å². The lowest BCUT2D eigenvalue weighted by Crippen LogP contribution is -2.54. The highest BCUT2D eigenvalue weighted by atomic mass is 35.5. The molecule has 2 fully saturated rings. The van der Waals surface area contributed by atoms with E-state index in [0.717, 1.165) is 32.0 Å². The van der Waals surface area contributed by atoms with Crippen LogP contribution in [0.25, 0.3) is 0 Å². The Balaban J connectivity index is 1.91. The highest BCUT2D eigenvalue weighted by Crippen LogP contribution is 2.25. The molecule has 2 aliphatic rings. The van der Waals surface area contributed by atoms with E-state index in [9.17, 15) is 0 Å². The molecule has 0 aliphatic carbocycles. The minimum absolute atomic E-state index is 0.184. The van der Waals surface area contributed by atoms with Gasteiger partial charge in [0.25, 0.3) is 0 Å². The zero-order valence-corrected chi connectivity index (χ0v) is 9.56. The first kappa shape index (κ1) is 10.7. The van der Waals surface area contributed by atoms with Crippen LogP contribution in [0.4, 0.5) is 0 Å². The van der Waals surface area contributed by atoms with Crippen molar-refractivity contribution in [2.45, 2.75) is 24.4 Å². The molecule has 4 heteroatoms. The second-order valence-corrected chi connectivity index (χ2v) is 4.99. The molecule has 0 spiro atoms. The van der Waals surface area contributed by atoms with Gasteiger partial charge in [-0.2, -0.15) is 0 Å². The number of rotatable bonds is 1. The van der Waals surface area contributed by atoms with Crippen molar-refractivity contribution in [1.82, 2.24) is 15.5 Å². The maximum atomic E-state index is 6.13. The lowest BCUT2D eigenvalue weighted by Gasteiger charge is -2.41. The summed E-state index contributed by atoms with van der Waals surface area (Å²) in [4.78, 5) is 2.48. The molecule has 14 heavy (non-hydrogen) atoms. The van der Waals surface area contributed by atoms with Crippen LogP contribution in [0.1, 0.15) is 12.8 Å². The fourth-order valence-corrected chi connectivity index (χ4v) is 2.93. The van der Waals surface area contributed by atoms with Gasteiger partial charge in [-0.05, 0) is 32.4 Å². The van der Waals surface area contributed by atoms with Crippen molar-refractivity contribution >= 4 is 11.6 Å². The largest absolute Gasteiger partial charge is 0.314 e. The molecule has 0 saturated carbocycles. The highest BCUT2D eigenvalue weighted by molar-refractivity contribution is 6.20. The molecule has 3 nitrogen and oxygen atoms in total. The summed E-state index contributed by atoms with van der Waals surface area (Å²) in [6.45, 7) is 4.50. The van der Waals surface area contributed by atoms with Crippen LogP contribution in [0, 0.1) is 5.92 Å². The van der Waals surface area contributed by atoms with E-state index < -0.39 is 0 Å².